The van der Waals surface area contributed by atoms with Gasteiger partial charge in [-0.15, -0.1) is 0 Å². The maximum absolute atomic E-state index is 8.91. The Bertz CT molecular complexity index is 494. The van der Waals surface area contributed by atoms with Crippen molar-refractivity contribution < 1.29 is 5.11 Å². The highest BCUT2D eigenvalue weighted by Crippen LogP contribution is 2.22. The zero-order valence-corrected chi connectivity index (χ0v) is 10.6. The van der Waals surface area contributed by atoms with Gasteiger partial charge in [-0.05, 0) is 12.1 Å². The highest BCUT2D eigenvalue weighted by molar-refractivity contribution is 9.10. The molecule has 0 amide bonds. The molecule has 2 aromatic rings. The molecule has 1 N–H and O–H groups in total. The molecule has 2 rings (SSSR count). The third-order valence-electron chi connectivity index (χ3n) is 2.43. The van der Waals surface area contributed by atoms with Crippen LogP contribution in [0, 0.1) is 0 Å². The van der Waals surface area contributed by atoms with Gasteiger partial charge in [0.05, 0.1) is 12.3 Å². The second-order valence-corrected chi connectivity index (χ2v) is 4.55. The number of rotatable bonds is 3. The van der Waals surface area contributed by atoms with Gasteiger partial charge in [-0.25, -0.2) is 4.98 Å². The second-order valence-electron chi connectivity index (χ2n) is 3.64. The summed E-state index contributed by atoms with van der Waals surface area (Å²) in [5.74, 6) is 0.900. The Morgan fingerprint density at radius 2 is 2.25 bits per heavy atom. The molecule has 0 saturated heterocycles. The molecule has 3 nitrogen and oxygen atoms in total. The normalized spacial score (nSPS) is 10.7. The van der Waals surface area contributed by atoms with Crippen LogP contribution in [0.2, 0.25) is 0 Å². The first-order valence-electron chi connectivity index (χ1n) is 5.10. The number of halogens is 1. The van der Waals surface area contributed by atoms with Gasteiger partial charge in [0.25, 0.3) is 0 Å². The van der Waals surface area contributed by atoms with E-state index >= 15 is 0 Å². The Morgan fingerprint density at radius 1 is 1.44 bits per heavy atom. The number of nitrogens with zero attached hydrogens (tertiary/aromatic N) is 2. The first kappa shape index (κ1) is 11.4. The lowest BCUT2D eigenvalue weighted by Gasteiger charge is -1.96. The van der Waals surface area contributed by atoms with E-state index in [0.29, 0.717) is 6.42 Å². The molecule has 0 bridgehead atoms. The van der Waals surface area contributed by atoms with E-state index in [4.69, 9.17) is 5.11 Å². The number of aromatic nitrogens is 2. The third kappa shape index (κ3) is 2.33. The molecule has 0 radical (unpaired) electrons. The lowest BCUT2D eigenvalue weighted by molar-refractivity contribution is 0.295. The Balaban J connectivity index is 2.37. The smallest absolute Gasteiger partial charge is 0.111 e. The summed E-state index contributed by atoms with van der Waals surface area (Å²) in [6.07, 6.45) is 2.57. The van der Waals surface area contributed by atoms with E-state index in [-0.39, 0.29) is 6.61 Å². The van der Waals surface area contributed by atoms with Crippen LogP contribution in [0.25, 0.3) is 11.3 Å². The van der Waals surface area contributed by atoms with Crippen molar-refractivity contribution in [3.8, 4) is 11.3 Å². The van der Waals surface area contributed by atoms with Crippen molar-refractivity contribution in [3.05, 3.63) is 40.8 Å². The van der Waals surface area contributed by atoms with Crippen molar-refractivity contribution in [2.75, 3.05) is 6.61 Å². The quantitative estimate of drug-likeness (QED) is 0.938. The van der Waals surface area contributed by atoms with Crippen molar-refractivity contribution in [2.45, 2.75) is 6.42 Å². The van der Waals surface area contributed by atoms with Crippen molar-refractivity contribution in [3.63, 3.8) is 0 Å². The van der Waals surface area contributed by atoms with Crippen molar-refractivity contribution in [2.24, 2.45) is 7.05 Å². The Hall–Kier alpha value is -1.13. The second kappa shape index (κ2) is 4.80. The number of benzene rings is 1. The summed E-state index contributed by atoms with van der Waals surface area (Å²) in [5, 5.41) is 8.91. The monoisotopic (exact) mass is 280 g/mol. The number of aliphatic hydroxyl groups is 1. The van der Waals surface area contributed by atoms with Gasteiger partial charge in [0.1, 0.15) is 5.82 Å². The highest BCUT2D eigenvalue weighted by atomic mass is 79.9. The fraction of sp³-hybridized carbons (Fsp3) is 0.250. The SMILES string of the molecule is Cn1cc(-c2cccc(Br)c2)nc1CCO. The summed E-state index contributed by atoms with van der Waals surface area (Å²) >= 11 is 3.44. The molecule has 16 heavy (non-hydrogen) atoms. The van der Waals surface area contributed by atoms with E-state index in [1.54, 1.807) is 0 Å². The van der Waals surface area contributed by atoms with Crippen LogP contribution in [-0.4, -0.2) is 21.3 Å². The van der Waals surface area contributed by atoms with Crippen LogP contribution in [0.4, 0.5) is 0 Å². The first-order chi connectivity index (χ1) is 7.70. The molecule has 0 unspecified atom stereocenters. The van der Waals surface area contributed by atoms with Crippen LogP contribution in [0.15, 0.2) is 34.9 Å². The average Bonchev–Trinajstić information content (AvgIpc) is 2.61. The summed E-state index contributed by atoms with van der Waals surface area (Å²) in [6.45, 7) is 0.128. The van der Waals surface area contributed by atoms with Crippen LogP contribution in [0.1, 0.15) is 5.82 Å². The van der Waals surface area contributed by atoms with Crippen molar-refractivity contribution in [1.82, 2.24) is 9.55 Å². The minimum atomic E-state index is 0.128. The predicted molar refractivity (Wildman–Crippen MR) is 67.1 cm³/mol. The molecule has 1 heterocycles. The molecule has 0 saturated carbocycles. The summed E-state index contributed by atoms with van der Waals surface area (Å²) in [6, 6.07) is 8.03. The molecule has 4 heteroatoms. The summed E-state index contributed by atoms with van der Waals surface area (Å²) < 4.78 is 2.99. The summed E-state index contributed by atoms with van der Waals surface area (Å²) in [7, 11) is 1.94. The van der Waals surface area contributed by atoms with E-state index in [1.807, 2.05) is 42.1 Å². The number of aryl methyl sites for hydroxylation is 1. The van der Waals surface area contributed by atoms with E-state index in [1.165, 1.54) is 0 Å². The lowest BCUT2D eigenvalue weighted by atomic mass is 10.2. The summed E-state index contributed by atoms with van der Waals surface area (Å²) in [5.41, 5.74) is 2.02. The molecule has 84 valence electrons. The molecule has 1 aromatic carbocycles. The van der Waals surface area contributed by atoms with Crippen LogP contribution in [0.3, 0.4) is 0 Å². The molecular weight excluding hydrogens is 268 g/mol. The molecule has 1 aromatic heterocycles. The van der Waals surface area contributed by atoms with Crippen molar-refractivity contribution >= 4 is 15.9 Å². The summed E-state index contributed by atoms with van der Waals surface area (Å²) in [4.78, 5) is 4.49. The van der Waals surface area contributed by atoms with Gasteiger partial charge in [-0.2, -0.15) is 0 Å². The van der Waals surface area contributed by atoms with E-state index in [2.05, 4.69) is 20.9 Å². The van der Waals surface area contributed by atoms with Crippen LogP contribution < -0.4 is 0 Å². The third-order valence-corrected chi connectivity index (χ3v) is 2.92. The van der Waals surface area contributed by atoms with Crippen LogP contribution in [-0.2, 0) is 13.5 Å². The van der Waals surface area contributed by atoms with E-state index in [9.17, 15) is 0 Å². The maximum Gasteiger partial charge on any atom is 0.111 e. The fourth-order valence-electron chi connectivity index (χ4n) is 1.62. The Labute approximate surface area is 103 Å². The number of hydrogen-bond donors (Lipinski definition) is 1. The standard InChI is InChI=1S/C12H13BrN2O/c1-15-8-11(14-12(15)5-6-16)9-3-2-4-10(13)7-9/h2-4,7-8,16H,5-6H2,1H3. The van der Waals surface area contributed by atoms with Crippen LogP contribution in [0.5, 0.6) is 0 Å². The number of aliphatic hydroxyl groups excluding tert-OH is 1. The van der Waals surface area contributed by atoms with Gasteiger partial charge >= 0.3 is 0 Å². The zero-order chi connectivity index (χ0) is 11.5. The average molecular weight is 281 g/mol. The molecular formula is C12H13BrN2O. The van der Waals surface area contributed by atoms with Gasteiger partial charge in [-0.3, -0.25) is 0 Å². The van der Waals surface area contributed by atoms with Gasteiger partial charge in [0.2, 0.25) is 0 Å². The highest BCUT2D eigenvalue weighted by Gasteiger charge is 2.06. The molecule has 0 spiro atoms. The van der Waals surface area contributed by atoms with Gasteiger partial charge in [0.15, 0.2) is 0 Å². The van der Waals surface area contributed by atoms with Crippen LogP contribution >= 0.6 is 15.9 Å². The zero-order valence-electron chi connectivity index (χ0n) is 9.02. The van der Waals surface area contributed by atoms with Gasteiger partial charge in [-0.1, -0.05) is 28.1 Å². The first-order valence-corrected chi connectivity index (χ1v) is 5.89. The topological polar surface area (TPSA) is 38.0 Å². The van der Waals surface area contributed by atoms with E-state index in [0.717, 1.165) is 21.6 Å². The fourth-order valence-corrected chi connectivity index (χ4v) is 2.02. The number of hydrogen-bond acceptors (Lipinski definition) is 2. The Kier molecular flexibility index (Phi) is 3.41. The maximum atomic E-state index is 8.91. The van der Waals surface area contributed by atoms with E-state index < -0.39 is 0 Å². The molecule has 0 fully saturated rings. The molecule has 0 aliphatic carbocycles. The van der Waals surface area contributed by atoms with Gasteiger partial charge in [0, 0.05) is 29.7 Å². The van der Waals surface area contributed by atoms with Crippen molar-refractivity contribution in [1.29, 1.82) is 0 Å². The molecule has 0 atom stereocenters. The molecule has 0 aliphatic heterocycles. The minimum absolute atomic E-state index is 0.128. The lowest BCUT2D eigenvalue weighted by Crippen LogP contribution is -1.99. The Morgan fingerprint density at radius 3 is 2.94 bits per heavy atom. The largest absolute Gasteiger partial charge is 0.396 e. The number of imidazole rings is 1. The minimum Gasteiger partial charge on any atom is -0.396 e. The molecule has 0 aliphatic rings. The predicted octanol–water partition coefficient (Wildman–Crippen LogP) is 2.38. The van der Waals surface area contributed by atoms with Gasteiger partial charge < -0.3 is 9.67 Å².